The SMILES string of the molecule is CN1CCN(NC(=O)c2ccc(N(C)C)c(N)c2)CC1. The molecule has 6 nitrogen and oxygen atoms in total. The van der Waals surface area contributed by atoms with Gasteiger partial charge in [-0.3, -0.25) is 10.2 Å². The Bertz CT molecular complexity index is 480. The third-order valence-electron chi connectivity index (χ3n) is 3.53. The van der Waals surface area contributed by atoms with Crippen LogP contribution >= 0.6 is 0 Å². The van der Waals surface area contributed by atoms with Crippen molar-refractivity contribution in [2.75, 3.05) is 58.0 Å². The topological polar surface area (TPSA) is 64.8 Å². The molecule has 1 aliphatic heterocycles. The quantitative estimate of drug-likeness (QED) is 0.774. The highest BCUT2D eigenvalue weighted by atomic mass is 16.2. The monoisotopic (exact) mass is 277 g/mol. The van der Waals surface area contributed by atoms with E-state index in [0.29, 0.717) is 11.3 Å². The molecule has 1 amide bonds. The third-order valence-corrected chi connectivity index (χ3v) is 3.53. The minimum Gasteiger partial charge on any atom is -0.397 e. The molecule has 1 aromatic rings. The summed E-state index contributed by atoms with van der Waals surface area (Å²) in [6.07, 6.45) is 0. The van der Waals surface area contributed by atoms with Crippen molar-refractivity contribution in [2.24, 2.45) is 0 Å². The predicted molar refractivity (Wildman–Crippen MR) is 81.7 cm³/mol. The van der Waals surface area contributed by atoms with Crippen molar-refractivity contribution in [3.8, 4) is 0 Å². The molecule has 0 aromatic heterocycles. The molecule has 1 fully saturated rings. The standard InChI is InChI=1S/C14H23N5O/c1-17(2)13-5-4-11(10-12(13)15)14(20)16-19-8-6-18(3)7-9-19/h4-5,10H,6-9,15H2,1-3H3,(H,16,20). The van der Waals surface area contributed by atoms with Crippen LogP contribution < -0.4 is 16.1 Å². The second kappa shape index (κ2) is 6.11. The first-order valence-corrected chi connectivity index (χ1v) is 6.78. The summed E-state index contributed by atoms with van der Waals surface area (Å²) in [5, 5.41) is 1.96. The summed E-state index contributed by atoms with van der Waals surface area (Å²) < 4.78 is 0. The minimum absolute atomic E-state index is 0.105. The zero-order valence-corrected chi connectivity index (χ0v) is 12.4. The second-order valence-electron chi connectivity index (χ2n) is 5.40. The molecular weight excluding hydrogens is 254 g/mol. The van der Waals surface area contributed by atoms with Gasteiger partial charge in [-0.1, -0.05) is 0 Å². The molecule has 1 saturated heterocycles. The first-order valence-electron chi connectivity index (χ1n) is 6.78. The summed E-state index contributed by atoms with van der Waals surface area (Å²) in [6, 6.07) is 5.39. The van der Waals surface area contributed by atoms with Gasteiger partial charge in [0.25, 0.3) is 5.91 Å². The summed E-state index contributed by atoms with van der Waals surface area (Å²) in [4.78, 5) is 16.4. The fraction of sp³-hybridized carbons (Fsp3) is 0.500. The van der Waals surface area contributed by atoms with Gasteiger partial charge in [0, 0.05) is 45.8 Å². The first kappa shape index (κ1) is 14.6. The predicted octanol–water partition coefficient (Wildman–Crippen LogP) is 0.227. The first-order chi connectivity index (χ1) is 9.47. The van der Waals surface area contributed by atoms with Gasteiger partial charge in [0.15, 0.2) is 0 Å². The van der Waals surface area contributed by atoms with E-state index in [2.05, 4.69) is 17.4 Å². The molecule has 20 heavy (non-hydrogen) atoms. The van der Waals surface area contributed by atoms with Crippen molar-refractivity contribution >= 4 is 17.3 Å². The normalized spacial score (nSPS) is 16.9. The summed E-state index contributed by atoms with van der Waals surface area (Å²) in [7, 11) is 5.94. The van der Waals surface area contributed by atoms with E-state index in [1.165, 1.54) is 0 Å². The van der Waals surface area contributed by atoms with Crippen molar-refractivity contribution in [3.05, 3.63) is 23.8 Å². The molecule has 3 N–H and O–H groups in total. The van der Waals surface area contributed by atoms with Crippen LogP contribution in [0.4, 0.5) is 11.4 Å². The second-order valence-corrected chi connectivity index (χ2v) is 5.40. The Morgan fingerprint density at radius 1 is 1.25 bits per heavy atom. The molecule has 0 unspecified atom stereocenters. The maximum atomic E-state index is 12.2. The van der Waals surface area contributed by atoms with E-state index >= 15 is 0 Å². The number of hydrogen-bond acceptors (Lipinski definition) is 5. The molecule has 0 atom stereocenters. The average molecular weight is 277 g/mol. The van der Waals surface area contributed by atoms with Crippen molar-refractivity contribution in [1.29, 1.82) is 0 Å². The summed E-state index contributed by atoms with van der Waals surface area (Å²) >= 11 is 0. The molecule has 0 radical (unpaired) electrons. The Morgan fingerprint density at radius 2 is 1.90 bits per heavy atom. The number of benzene rings is 1. The lowest BCUT2D eigenvalue weighted by molar-refractivity contribution is 0.0662. The maximum absolute atomic E-state index is 12.2. The lowest BCUT2D eigenvalue weighted by Crippen LogP contribution is -2.52. The Labute approximate surface area is 120 Å². The van der Waals surface area contributed by atoms with Gasteiger partial charge in [0.1, 0.15) is 0 Å². The Balaban J connectivity index is 2.01. The van der Waals surface area contributed by atoms with E-state index < -0.39 is 0 Å². The number of nitrogens with zero attached hydrogens (tertiary/aromatic N) is 3. The molecule has 1 aromatic carbocycles. The van der Waals surface area contributed by atoms with Crippen LogP contribution in [0.3, 0.4) is 0 Å². The molecule has 1 aliphatic rings. The number of hydrogen-bond donors (Lipinski definition) is 2. The van der Waals surface area contributed by atoms with Gasteiger partial charge in [-0.15, -0.1) is 0 Å². The third kappa shape index (κ3) is 3.40. The number of piperazine rings is 1. The molecule has 1 heterocycles. The van der Waals surface area contributed by atoms with Crippen molar-refractivity contribution in [3.63, 3.8) is 0 Å². The number of carbonyl (C=O) groups is 1. The smallest absolute Gasteiger partial charge is 0.265 e. The fourth-order valence-corrected chi connectivity index (χ4v) is 2.23. The van der Waals surface area contributed by atoms with Gasteiger partial charge in [-0.25, -0.2) is 5.01 Å². The van der Waals surface area contributed by atoms with E-state index in [1.807, 2.05) is 30.1 Å². The number of carbonyl (C=O) groups excluding carboxylic acids is 1. The van der Waals surface area contributed by atoms with Gasteiger partial charge < -0.3 is 15.5 Å². The zero-order valence-electron chi connectivity index (χ0n) is 12.4. The van der Waals surface area contributed by atoms with Gasteiger partial charge in [-0.05, 0) is 25.2 Å². The van der Waals surface area contributed by atoms with Gasteiger partial charge in [0.2, 0.25) is 0 Å². The Kier molecular flexibility index (Phi) is 4.46. The van der Waals surface area contributed by atoms with Crippen LogP contribution in [-0.4, -0.2) is 63.1 Å². The van der Waals surface area contributed by atoms with Crippen molar-refractivity contribution < 1.29 is 4.79 Å². The molecule has 0 spiro atoms. The average Bonchev–Trinajstić information content (AvgIpc) is 2.40. The van der Waals surface area contributed by atoms with E-state index in [1.54, 1.807) is 12.1 Å². The van der Waals surface area contributed by atoms with Crippen LogP contribution in [0.15, 0.2) is 18.2 Å². The molecule has 0 bridgehead atoms. The molecule has 0 saturated carbocycles. The van der Waals surface area contributed by atoms with E-state index in [-0.39, 0.29) is 5.91 Å². The van der Waals surface area contributed by atoms with Crippen molar-refractivity contribution in [2.45, 2.75) is 0 Å². The molecule has 0 aliphatic carbocycles. The maximum Gasteiger partial charge on any atom is 0.265 e. The zero-order chi connectivity index (χ0) is 14.7. The number of rotatable bonds is 3. The number of nitrogens with one attached hydrogen (secondary N) is 1. The molecule has 110 valence electrons. The molecular formula is C14H23N5O. The largest absolute Gasteiger partial charge is 0.397 e. The summed E-state index contributed by atoms with van der Waals surface area (Å²) in [5.74, 6) is -0.105. The van der Waals surface area contributed by atoms with Gasteiger partial charge >= 0.3 is 0 Å². The number of hydrazine groups is 1. The van der Waals surface area contributed by atoms with Crippen LogP contribution in [0.5, 0.6) is 0 Å². The van der Waals surface area contributed by atoms with Crippen LogP contribution in [0.2, 0.25) is 0 Å². The number of nitrogens with two attached hydrogens (primary N) is 1. The van der Waals surface area contributed by atoms with E-state index in [9.17, 15) is 4.79 Å². The van der Waals surface area contributed by atoms with Gasteiger partial charge in [0.05, 0.1) is 11.4 Å². The van der Waals surface area contributed by atoms with Crippen molar-refractivity contribution in [1.82, 2.24) is 15.3 Å². The van der Waals surface area contributed by atoms with E-state index in [0.717, 1.165) is 31.9 Å². The van der Waals surface area contributed by atoms with Gasteiger partial charge in [-0.2, -0.15) is 0 Å². The van der Waals surface area contributed by atoms with Crippen LogP contribution in [-0.2, 0) is 0 Å². The van der Waals surface area contributed by atoms with Crippen LogP contribution in [0.25, 0.3) is 0 Å². The Hall–Kier alpha value is -1.79. The molecule has 2 rings (SSSR count). The fourth-order valence-electron chi connectivity index (χ4n) is 2.23. The number of anilines is 2. The number of amides is 1. The van der Waals surface area contributed by atoms with Crippen LogP contribution in [0.1, 0.15) is 10.4 Å². The summed E-state index contributed by atoms with van der Waals surface area (Å²) in [5.41, 5.74) is 11.0. The lowest BCUT2D eigenvalue weighted by atomic mass is 10.1. The number of likely N-dealkylation sites (N-methyl/N-ethyl adjacent to an activating group) is 1. The van der Waals surface area contributed by atoms with E-state index in [4.69, 9.17) is 5.73 Å². The minimum atomic E-state index is -0.105. The summed E-state index contributed by atoms with van der Waals surface area (Å²) in [6.45, 7) is 3.60. The van der Waals surface area contributed by atoms with Crippen LogP contribution in [0, 0.1) is 0 Å². The Morgan fingerprint density at radius 3 is 2.45 bits per heavy atom. The highest BCUT2D eigenvalue weighted by molar-refractivity contribution is 5.95. The molecule has 6 heteroatoms. The lowest BCUT2D eigenvalue weighted by Gasteiger charge is -2.32. The number of nitrogen functional groups attached to an aromatic ring is 1. The highest BCUT2D eigenvalue weighted by Gasteiger charge is 2.17. The highest BCUT2D eigenvalue weighted by Crippen LogP contribution is 2.22.